The molecule has 1 N–H and O–H groups in total. The van der Waals surface area contributed by atoms with Crippen molar-refractivity contribution in [1.29, 1.82) is 0 Å². The molecule has 3 aromatic rings. The quantitative estimate of drug-likeness (QED) is 0.423. The van der Waals surface area contributed by atoms with Gasteiger partial charge in [-0.2, -0.15) is 5.10 Å². The Morgan fingerprint density at radius 3 is 2.45 bits per heavy atom. The molecule has 0 unspecified atom stereocenters. The summed E-state index contributed by atoms with van der Waals surface area (Å²) in [5, 5.41) is 7.64. The van der Waals surface area contributed by atoms with E-state index in [1.54, 1.807) is 20.4 Å². The summed E-state index contributed by atoms with van der Waals surface area (Å²) in [5.41, 5.74) is 3.38. The molecule has 0 atom stereocenters. The maximum Gasteiger partial charge on any atom is 0.193 e. The van der Waals surface area contributed by atoms with Crippen molar-refractivity contribution in [2.24, 2.45) is 4.99 Å². The zero-order valence-electron chi connectivity index (χ0n) is 18.7. The first kappa shape index (κ1) is 22.2. The van der Waals surface area contributed by atoms with Crippen LogP contribution < -0.4 is 14.8 Å². The van der Waals surface area contributed by atoms with Crippen molar-refractivity contribution in [3.8, 4) is 17.2 Å². The number of methoxy groups -OCH3 is 2. The zero-order valence-corrected chi connectivity index (χ0v) is 18.7. The van der Waals surface area contributed by atoms with E-state index in [-0.39, 0.29) is 0 Å². The van der Waals surface area contributed by atoms with E-state index in [0.29, 0.717) is 6.54 Å². The first-order chi connectivity index (χ1) is 15.1. The number of aliphatic imine (C=N–C) groups is 1. The molecule has 2 aromatic carbocycles. The molecule has 1 heterocycles. The van der Waals surface area contributed by atoms with Crippen LogP contribution in [0.1, 0.15) is 18.1 Å². The molecule has 0 aliphatic rings. The largest absolute Gasteiger partial charge is 0.493 e. The summed E-state index contributed by atoms with van der Waals surface area (Å²) in [6.45, 7) is 4.34. The lowest BCUT2D eigenvalue weighted by Gasteiger charge is -2.22. The number of likely N-dealkylation sites (N-methyl/N-ethyl adjacent to an activating group) is 1. The van der Waals surface area contributed by atoms with Crippen molar-refractivity contribution in [1.82, 2.24) is 20.0 Å². The van der Waals surface area contributed by atoms with Crippen LogP contribution in [0, 0.1) is 0 Å². The molecule has 0 spiro atoms. The van der Waals surface area contributed by atoms with E-state index < -0.39 is 0 Å². The number of rotatable bonds is 9. The molecule has 0 fully saturated rings. The lowest BCUT2D eigenvalue weighted by atomic mass is 10.1. The SMILES string of the molecule is CCNC(=NCc1ccc(-n2cccn2)cc1)N(C)CCc1ccc(OC)c(OC)c1. The average Bonchev–Trinajstić information content (AvgIpc) is 3.35. The van der Waals surface area contributed by atoms with Crippen molar-refractivity contribution in [2.45, 2.75) is 19.9 Å². The Kier molecular flexibility index (Phi) is 7.92. The maximum absolute atomic E-state index is 5.41. The van der Waals surface area contributed by atoms with Crippen LogP contribution in [0.5, 0.6) is 11.5 Å². The van der Waals surface area contributed by atoms with Gasteiger partial charge in [-0.05, 0) is 54.8 Å². The van der Waals surface area contributed by atoms with Gasteiger partial charge in [-0.15, -0.1) is 0 Å². The average molecular weight is 422 g/mol. The molecule has 164 valence electrons. The number of hydrogen-bond donors (Lipinski definition) is 1. The molecular formula is C24H31N5O2. The highest BCUT2D eigenvalue weighted by Crippen LogP contribution is 2.27. The standard InChI is InChI=1S/C24H31N5O2/c1-5-25-24(26-18-20-7-10-21(11-8-20)29-15-6-14-27-29)28(2)16-13-19-9-12-22(30-3)23(17-19)31-4/h6-12,14-15,17H,5,13,16,18H2,1-4H3,(H,25,26). The van der Waals surface area contributed by atoms with Gasteiger partial charge in [-0.25, -0.2) is 9.67 Å². The highest BCUT2D eigenvalue weighted by Gasteiger charge is 2.09. The number of hydrogen-bond acceptors (Lipinski definition) is 4. The third kappa shape index (κ3) is 6.01. The maximum atomic E-state index is 5.41. The van der Waals surface area contributed by atoms with E-state index in [0.717, 1.165) is 48.2 Å². The Labute approximate surface area is 184 Å². The van der Waals surface area contributed by atoms with Crippen molar-refractivity contribution in [3.63, 3.8) is 0 Å². The van der Waals surface area contributed by atoms with Crippen molar-refractivity contribution in [2.75, 3.05) is 34.4 Å². The second kappa shape index (κ2) is 11.1. The van der Waals surface area contributed by atoms with Crippen LogP contribution in [0.25, 0.3) is 5.69 Å². The molecule has 0 radical (unpaired) electrons. The van der Waals surface area contributed by atoms with Gasteiger partial charge >= 0.3 is 0 Å². The highest BCUT2D eigenvalue weighted by molar-refractivity contribution is 5.79. The lowest BCUT2D eigenvalue weighted by Crippen LogP contribution is -2.39. The van der Waals surface area contributed by atoms with Crippen LogP contribution in [0.4, 0.5) is 0 Å². The summed E-state index contributed by atoms with van der Waals surface area (Å²) in [6.07, 6.45) is 4.59. The van der Waals surface area contributed by atoms with Gasteiger partial charge in [0.2, 0.25) is 0 Å². The first-order valence-corrected chi connectivity index (χ1v) is 10.4. The van der Waals surface area contributed by atoms with Gasteiger partial charge in [0, 0.05) is 32.5 Å². The summed E-state index contributed by atoms with van der Waals surface area (Å²) in [4.78, 5) is 6.96. The van der Waals surface area contributed by atoms with E-state index in [4.69, 9.17) is 14.5 Å². The Hall–Kier alpha value is -3.48. The fraction of sp³-hybridized carbons (Fsp3) is 0.333. The molecule has 7 nitrogen and oxygen atoms in total. The number of guanidine groups is 1. The number of nitrogens with zero attached hydrogens (tertiary/aromatic N) is 4. The minimum Gasteiger partial charge on any atom is -0.493 e. The predicted octanol–water partition coefficient (Wildman–Crippen LogP) is 3.53. The highest BCUT2D eigenvalue weighted by atomic mass is 16.5. The topological polar surface area (TPSA) is 63.9 Å². The van der Waals surface area contributed by atoms with E-state index >= 15 is 0 Å². The van der Waals surface area contributed by atoms with Crippen LogP contribution in [0.3, 0.4) is 0 Å². The molecular weight excluding hydrogens is 390 g/mol. The minimum atomic E-state index is 0.614. The third-order valence-electron chi connectivity index (χ3n) is 5.00. The fourth-order valence-corrected chi connectivity index (χ4v) is 3.25. The lowest BCUT2D eigenvalue weighted by molar-refractivity contribution is 0.354. The smallest absolute Gasteiger partial charge is 0.193 e. The normalized spacial score (nSPS) is 11.3. The summed E-state index contributed by atoms with van der Waals surface area (Å²) in [5.74, 6) is 2.38. The minimum absolute atomic E-state index is 0.614. The van der Waals surface area contributed by atoms with Crippen LogP contribution >= 0.6 is 0 Å². The van der Waals surface area contributed by atoms with E-state index in [1.807, 2.05) is 29.1 Å². The van der Waals surface area contributed by atoms with Gasteiger partial charge in [-0.3, -0.25) is 0 Å². The van der Waals surface area contributed by atoms with E-state index in [1.165, 1.54) is 5.56 Å². The number of nitrogens with one attached hydrogen (secondary N) is 1. The van der Waals surface area contributed by atoms with Gasteiger partial charge in [0.1, 0.15) is 0 Å². The Bertz CT molecular complexity index is 968. The van der Waals surface area contributed by atoms with Crippen LogP contribution in [0.15, 0.2) is 65.9 Å². The zero-order chi connectivity index (χ0) is 22.1. The fourth-order valence-electron chi connectivity index (χ4n) is 3.25. The van der Waals surface area contributed by atoms with Gasteiger partial charge in [0.15, 0.2) is 17.5 Å². The molecule has 0 aliphatic heterocycles. The molecule has 0 bridgehead atoms. The number of benzene rings is 2. The molecule has 0 amide bonds. The summed E-state index contributed by atoms with van der Waals surface area (Å²) >= 11 is 0. The van der Waals surface area contributed by atoms with Crippen molar-refractivity contribution in [3.05, 3.63) is 72.1 Å². The Morgan fingerprint density at radius 2 is 1.81 bits per heavy atom. The third-order valence-corrected chi connectivity index (χ3v) is 5.00. The number of aromatic nitrogens is 2. The molecule has 0 saturated heterocycles. The molecule has 0 aliphatic carbocycles. The summed E-state index contributed by atoms with van der Waals surface area (Å²) in [6, 6.07) is 16.3. The summed E-state index contributed by atoms with van der Waals surface area (Å²) < 4.78 is 12.6. The van der Waals surface area contributed by atoms with Crippen LogP contribution in [-0.2, 0) is 13.0 Å². The van der Waals surface area contributed by atoms with Gasteiger partial charge in [-0.1, -0.05) is 18.2 Å². The Balaban J connectivity index is 1.61. The summed E-state index contributed by atoms with van der Waals surface area (Å²) in [7, 11) is 5.36. The van der Waals surface area contributed by atoms with Crippen LogP contribution in [-0.4, -0.2) is 55.0 Å². The van der Waals surface area contributed by atoms with Crippen LogP contribution in [0.2, 0.25) is 0 Å². The van der Waals surface area contributed by atoms with E-state index in [9.17, 15) is 0 Å². The molecule has 1 aromatic heterocycles. The molecule has 0 saturated carbocycles. The van der Waals surface area contributed by atoms with E-state index in [2.05, 4.69) is 59.6 Å². The monoisotopic (exact) mass is 421 g/mol. The van der Waals surface area contributed by atoms with Crippen molar-refractivity contribution < 1.29 is 9.47 Å². The van der Waals surface area contributed by atoms with Gasteiger partial charge < -0.3 is 19.7 Å². The Morgan fingerprint density at radius 1 is 1.06 bits per heavy atom. The molecule has 3 rings (SSSR count). The first-order valence-electron chi connectivity index (χ1n) is 10.4. The predicted molar refractivity (Wildman–Crippen MR) is 124 cm³/mol. The second-order valence-electron chi connectivity index (χ2n) is 7.15. The number of ether oxygens (including phenoxy) is 2. The molecule has 31 heavy (non-hydrogen) atoms. The molecule has 7 heteroatoms. The second-order valence-corrected chi connectivity index (χ2v) is 7.15. The van der Waals surface area contributed by atoms with Crippen molar-refractivity contribution >= 4 is 5.96 Å². The van der Waals surface area contributed by atoms with Gasteiger partial charge in [0.25, 0.3) is 0 Å². The van der Waals surface area contributed by atoms with Gasteiger partial charge in [0.05, 0.1) is 26.5 Å².